The highest BCUT2D eigenvalue weighted by molar-refractivity contribution is 6.03. The van der Waals surface area contributed by atoms with Gasteiger partial charge in [-0.15, -0.1) is 0 Å². The molecule has 0 spiro atoms. The minimum atomic E-state index is -0.217. The molecular weight excluding hydrogens is 308 g/mol. The molecular formula is C17H18N4O3. The first-order valence-corrected chi connectivity index (χ1v) is 7.48. The zero-order valence-corrected chi connectivity index (χ0v) is 13.7. The molecule has 0 aliphatic rings. The summed E-state index contributed by atoms with van der Waals surface area (Å²) in [5.74, 6) is 1.72. The fraction of sp³-hybridized carbons (Fsp3) is 0.235. The van der Waals surface area contributed by atoms with Crippen LogP contribution in [0.3, 0.4) is 0 Å². The molecule has 0 radical (unpaired) electrons. The van der Waals surface area contributed by atoms with Crippen molar-refractivity contribution in [1.82, 2.24) is 14.9 Å². The van der Waals surface area contributed by atoms with Crippen LogP contribution in [-0.4, -0.2) is 20.8 Å². The highest BCUT2D eigenvalue weighted by atomic mass is 16.5. The molecule has 0 fully saturated rings. The van der Waals surface area contributed by atoms with E-state index in [4.69, 9.17) is 9.26 Å². The van der Waals surface area contributed by atoms with E-state index in [1.54, 1.807) is 48.3 Å². The molecule has 7 heteroatoms. The van der Waals surface area contributed by atoms with Gasteiger partial charge in [0, 0.05) is 24.9 Å². The molecule has 1 aromatic carbocycles. The molecule has 3 rings (SSSR count). The molecule has 7 nitrogen and oxygen atoms in total. The Balaban J connectivity index is 1.61. The van der Waals surface area contributed by atoms with E-state index in [0.717, 1.165) is 17.0 Å². The Labute approximate surface area is 139 Å². The number of aromatic nitrogens is 3. The minimum absolute atomic E-state index is 0.217. The highest BCUT2D eigenvalue weighted by Crippen LogP contribution is 2.18. The number of carbonyl (C=O) groups is 1. The van der Waals surface area contributed by atoms with E-state index in [0.29, 0.717) is 23.7 Å². The van der Waals surface area contributed by atoms with Crippen LogP contribution in [0.1, 0.15) is 27.4 Å². The molecule has 0 bridgehead atoms. The lowest BCUT2D eigenvalue weighted by Gasteiger charge is -2.07. The van der Waals surface area contributed by atoms with Crippen LogP contribution in [0.15, 0.2) is 41.1 Å². The predicted molar refractivity (Wildman–Crippen MR) is 87.9 cm³/mol. The van der Waals surface area contributed by atoms with Gasteiger partial charge in [0.15, 0.2) is 5.82 Å². The number of ether oxygens (including phenoxy) is 1. The summed E-state index contributed by atoms with van der Waals surface area (Å²) in [7, 11) is 1.79. The van der Waals surface area contributed by atoms with Gasteiger partial charge in [0.2, 0.25) is 0 Å². The van der Waals surface area contributed by atoms with Crippen LogP contribution in [0.4, 0.5) is 5.82 Å². The lowest BCUT2D eigenvalue weighted by atomic mass is 10.2. The number of amides is 1. The lowest BCUT2D eigenvalue weighted by Crippen LogP contribution is -2.12. The van der Waals surface area contributed by atoms with E-state index in [-0.39, 0.29) is 5.91 Å². The van der Waals surface area contributed by atoms with Gasteiger partial charge in [-0.1, -0.05) is 5.16 Å². The normalized spacial score (nSPS) is 10.6. The van der Waals surface area contributed by atoms with Crippen molar-refractivity contribution in [3.8, 4) is 5.75 Å². The van der Waals surface area contributed by atoms with Gasteiger partial charge in [0.1, 0.15) is 18.1 Å². The van der Waals surface area contributed by atoms with E-state index in [1.807, 2.05) is 13.8 Å². The Bertz CT molecular complexity index is 830. The Hall–Kier alpha value is -3.09. The summed E-state index contributed by atoms with van der Waals surface area (Å²) in [4.78, 5) is 12.1. The Kier molecular flexibility index (Phi) is 4.33. The third-order valence-electron chi connectivity index (χ3n) is 3.64. The Morgan fingerprint density at radius 2 is 2.00 bits per heavy atom. The number of aryl methyl sites for hydroxylation is 3. The first-order chi connectivity index (χ1) is 11.5. The standard InChI is InChI=1S/C17H18N4O3/c1-11-15(12(2)24-20-11)10-23-14-6-4-13(5-7-14)17(22)18-16-8-9-21(3)19-16/h4-9H,10H2,1-3H3,(H,18,19,22). The maximum atomic E-state index is 12.1. The lowest BCUT2D eigenvalue weighted by molar-refractivity contribution is 0.102. The Morgan fingerprint density at radius 3 is 2.58 bits per heavy atom. The number of carbonyl (C=O) groups excluding carboxylic acids is 1. The van der Waals surface area contributed by atoms with Crippen molar-refractivity contribution in [3.05, 3.63) is 59.1 Å². The van der Waals surface area contributed by atoms with Crippen LogP contribution >= 0.6 is 0 Å². The van der Waals surface area contributed by atoms with Crippen molar-refractivity contribution in [2.75, 3.05) is 5.32 Å². The van der Waals surface area contributed by atoms with Gasteiger partial charge in [-0.3, -0.25) is 9.48 Å². The first-order valence-electron chi connectivity index (χ1n) is 7.48. The number of hydrogen-bond acceptors (Lipinski definition) is 5. The fourth-order valence-electron chi connectivity index (χ4n) is 2.24. The second kappa shape index (κ2) is 6.57. The van der Waals surface area contributed by atoms with Crippen molar-refractivity contribution >= 4 is 11.7 Å². The zero-order chi connectivity index (χ0) is 17.1. The summed E-state index contributed by atoms with van der Waals surface area (Å²) in [6.07, 6.45) is 1.77. The maximum absolute atomic E-state index is 12.1. The summed E-state index contributed by atoms with van der Waals surface area (Å²) < 4.78 is 12.4. The largest absolute Gasteiger partial charge is 0.489 e. The number of nitrogens with one attached hydrogen (secondary N) is 1. The molecule has 0 unspecified atom stereocenters. The van der Waals surface area contributed by atoms with Crippen molar-refractivity contribution in [3.63, 3.8) is 0 Å². The summed E-state index contributed by atoms with van der Waals surface area (Å²) in [5, 5.41) is 10.7. The number of hydrogen-bond donors (Lipinski definition) is 1. The molecule has 2 aromatic heterocycles. The van der Waals surface area contributed by atoms with Gasteiger partial charge < -0.3 is 14.6 Å². The van der Waals surface area contributed by atoms with Gasteiger partial charge in [-0.25, -0.2) is 0 Å². The van der Waals surface area contributed by atoms with E-state index >= 15 is 0 Å². The smallest absolute Gasteiger partial charge is 0.256 e. The van der Waals surface area contributed by atoms with Crippen molar-refractivity contribution in [2.24, 2.45) is 7.05 Å². The molecule has 0 saturated carbocycles. The van der Waals surface area contributed by atoms with E-state index in [9.17, 15) is 4.79 Å². The third kappa shape index (κ3) is 3.45. The Morgan fingerprint density at radius 1 is 1.25 bits per heavy atom. The summed E-state index contributed by atoms with van der Waals surface area (Å²) >= 11 is 0. The second-order valence-corrected chi connectivity index (χ2v) is 5.44. The molecule has 0 aliphatic carbocycles. The fourth-order valence-corrected chi connectivity index (χ4v) is 2.24. The van der Waals surface area contributed by atoms with Gasteiger partial charge in [-0.05, 0) is 38.1 Å². The topological polar surface area (TPSA) is 82.2 Å². The summed E-state index contributed by atoms with van der Waals surface area (Å²) in [6.45, 7) is 4.10. The van der Waals surface area contributed by atoms with Gasteiger partial charge in [0.25, 0.3) is 5.91 Å². The van der Waals surface area contributed by atoms with Crippen LogP contribution in [0, 0.1) is 13.8 Å². The van der Waals surface area contributed by atoms with Crippen LogP contribution in [0.2, 0.25) is 0 Å². The average Bonchev–Trinajstić information content (AvgIpc) is 3.12. The van der Waals surface area contributed by atoms with Gasteiger partial charge in [0.05, 0.1) is 11.3 Å². The van der Waals surface area contributed by atoms with E-state index in [1.165, 1.54) is 0 Å². The van der Waals surface area contributed by atoms with Crippen LogP contribution in [0.25, 0.3) is 0 Å². The highest BCUT2D eigenvalue weighted by Gasteiger charge is 2.11. The van der Waals surface area contributed by atoms with Gasteiger partial charge in [-0.2, -0.15) is 5.10 Å². The zero-order valence-electron chi connectivity index (χ0n) is 13.7. The number of rotatable bonds is 5. The van der Waals surface area contributed by atoms with E-state index < -0.39 is 0 Å². The monoisotopic (exact) mass is 326 g/mol. The summed E-state index contributed by atoms with van der Waals surface area (Å²) in [6, 6.07) is 8.66. The molecule has 1 N–H and O–H groups in total. The molecule has 124 valence electrons. The molecule has 3 aromatic rings. The van der Waals surface area contributed by atoms with E-state index in [2.05, 4.69) is 15.6 Å². The third-order valence-corrected chi connectivity index (χ3v) is 3.64. The minimum Gasteiger partial charge on any atom is -0.489 e. The summed E-state index contributed by atoms with van der Waals surface area (Å²) in [5.41, 5.74) is 2.29. The quantitative estimate of drug-likeness (QED) is 0.779. The van der Waals surface area contributed by atoms with Crippen molar-refractivity contribution in [2.45, 2.75) is 20.5 Å². The molecule has 0 atom stereocenters. The maximum Gasteiger partial charge on any atom is 0.256 e. The van der Waals surface area contributed by atoms with Crippen LogP contribution in [0.5, 0.6) is 5.75 Å². The molecule has 2 heterocycles. The average molecular weight is 326 g/mol. The number of benzene rings is 1. The van der Waals surface area contributed by atoms with Crippen LogP contribution in [-0.2, 0) is 13.7 Å². The molecule has 0 saturated heterocycles. The molecule has 24 heavy (non-hydrogen) atoms. The second-order valence-electron chi connectivity index (χ2n) is 5.44. The van der Waals surface area contributed by atoms with Crippen molar-refractivity contribution < 1.29 is 14.1 Å². The number of nitrogens with zero attached hydrogens (tertiary/aromatic N) is 3. The molecule has 1 amide bonds. The van der Waals surface area contributed by atoms with Crippen LogP contribution < -0.4 is 10.1 Å². The van der Waals surface area contributed by atoms with Gasteiger partial charge >= 0.3 is 0 Å². The first kappa shape index (κ1) is 15.8. The number of anilines is 1. The van der Waals surface area contributed by atoms with Crippen molar-refractivity contribution in [1.29, 1.82) is 0 Å². The SMILES string of the molecule is Cc1noc(C)c1COc1ccc(C(=O)Nc2ccn(C)n2)cc1. The predicted octanol–water partition coefficient (Wildman–Crippen LogP) is 2.86. The molecule has 0 aliphatic heterocycles.